The Bertz CT molecular complexity index is 1290. The van der Waals surface area contributed by atoms with Gasteiger partial charge >= 0.3 is 0 Å². The number of halogens is 2. The van der Waals surface area contributed by atoms with E-state index in [1.54, 1.807) is 18.2 Å². The van der Waals surface area contributed by atoms with Crippen LogP contribution in [0, 0.1) is 5.82 Å². The Balaban J connectivity index is 1.60. The maximum absolute atomic E-state index is 13.3. The van der Waals surface area contributed by atoms with E-state index in [2.05, 4.69) is 9.97 Å². The van der Waals surface area contributed by atoms with Crippen molar-refractivity contribution in [1.82, 2.24) is 9.97 Å². The lowest BCUT2D eigenvalue weighted by Crippen LogP contribution is -2.11. The molecule has 142 valence electrons. The molecule has 4 aromatic rings. The van der Waals surface area contributed by atoms with Gasteiger partial charge in [0.15, 0.2) is 0 Å². The summed E-state index contributed by atoms with van der Waals surface area (Å²) in [6.45, 7) is 0. The zero-order chi connectivity index (χ0) is 19.9. The van der Waals surface area contributed by atoms with Crippen LogP contribution in [0.4, 0.5) is 4.39 Å². The molecule has 1 heterocycles. The Morgan fingerprint density at radius 2 is 1.71 bits per heavy atom. The van der Waals surface area contributed by atoms with E-state index in [1.165, 1.54) is 30.0 Å². The molecule has 0 amide bonds. The molecule has 0 aliphatic heterocycles. The summed E-state index contributed by atoms with van der Waals surface area (Å²) < 4.78 is 36.2. The lowest BCUT2D eigenvalue weighted by atomic mass is 10.2. The predicted molar refractivity (Wildman–Crippen MR) is 108 cm³/mol. The van der Waals surface area contributed by atoms with Gasteiger partial charge in [-0.15, -0.1) is 0 Å². The molecule has 9 heteroatoms. The summed E-state index contributed by atoms with van der Waals surface area (Å²) in [6, 6.07) is 16.7. The number of primary sulfonamides is 1. The van der Waals surface area contributed by atoms with Gasteiger partial charge in [-0.3, -0.25) is 0 Å². The topological polar surface area (TPSA) is 88.8 Å². The fourth-order valence-corrected chi connectivity index (χ4v) is 4.30. The van der Waals surface area contributed by atoms with E-state index in [0.29, 0.717) is 16.9 Å². The molecule has 0 aliphatic rings. The van der Waals surface area contributed by atoms with Crippen LogP contribution in [0.5, 0.6) is 0 Å². The molecule has 28 heavy (non-hydrogen) atoms. The Kier molecular flexibility index (Phi) is 4.88. The number of nitrogens with one attached hydrogen (secondary N) is 1. The van der Waals surface area contributed by atoms with Crippen molar-refractivity contribution in [1.29, 1.82) is 0 Å². The normalized spacial score (nSPS) is 11.8. The molecule has 0 fully saturated rings. The molecule has 0 saturated heterocycles. The van der Waals surface area contributed by atoms with E-state index in [4.69, 9.17) is 16.7 Å². The van der Waals surface area contributed by atoms with E-state index in [1.807, 2.05) is 24.3 Å². The highest BCUT2D eigenvalue weighted by Crippen LogP contribution is 2.32. The monoisotopic (exact) mass is 433 g/mol. The summed E-state index contributed by atoms with van der Waals surface area (Å²) in [5.41, 5.74) is 2.07. The minimum Gasteiger partial charge on any atom is -0.338 e. The number of nitrogens with zero attached hydrogens (tertiary/aromatic N) is 1. The lowest BCUT2D eigenvalue weighted by molar-refractivity contribution is 0.598. The third-order valence-electron chi connectivity index (χ3n) is 4.04. The molecule has 0 radical (unpaired) electrons. The fraction of sp³-hybridized carbons (Fsp3) is 0. The number of nitrogens with two attached hydrogens (primary N) is 1. The van der Waals surface area contributed by atoms with Crippen LogP contribution in [-0.2, 0) is 10.0 Å². The van der Waals surface area contributed by atoms with Crippen molar-refractivity contribution in [2.24, 2.45) is 5.14 Å². The molecular weight excluding hydrogens is 421 g/mol. The number of benzene rings is 3. The van der Waals surface area contributed by atoms with Gasteiger partial charge in [0, 0.05) is 15.4 Å². The largest absolute Gasteiger partial charge is 0.338 e. The third-order valence-corrected chi connectivity index (χ3v) is 6.23. The number of hydrogen-bond donors (Lipinski definition) is 2. The van der Waals surface area contributed by atoms with Crippen molar-refractivity contribution in [3.8, 4) is 11.4 Å². The highest BCUT2D eigenvalue weighted by Gasteiger charge is 2.11. The van der Waals surface area contributed by atoms with Crippen molar-refractivity contribution in [2.75, 3.05) is 0 Å². The van der Waals surface area contributed by atoms with Crippen molar-refractivity contribution < 1.29 is 12.8 Å². The smallest absolute Gasteiger partial charge is 0.238 e. The van der Waals surface area contributed by atoms with Crippen molar-refractivity contribution in [3.05, 3.63) is 71.5 Å². The van der Waals surface area contributed by atoms with Crippen LogP contribution in [-0.4, -0.2) is 18.4 Å². The Labute approximate surface area is 169 Å². The van der Waals surface area contributed by atoms with Gasteiger partial charge in [-0.05, 0) is 48.5 Å². The van der Waals surface area contributed by atoms with Gasteiger partial charge in [-0.2, -0.15) is 0 Å². The minimum absolute atomic E-state index is 0.0277. The molecule has 1 aromatic heterocycles. The average Bonchev–Trinajstić information content (AvgIpc) is 3.08. The summed E-state index contributed by atoms with van der Waals surface area (Å²) in [7, 11) is -3.77. The highest BCUT2D eigenvalue weighted by atomic mass is 35.5. The van der Waals surface area contributed by atoms with Gasteiger partial charge in [0.2, 0.25) is 10.0 Å². The second-order valence-electron chi connectivity index (χ2n) is 6.01. The molecule has 0 saturated carbocycles. The first-order valence-electron chi connectivity index (χ1n) is 8.05. The number of imidazole rings is 1. The highest BCUT2D eigenvalue weighted by molar-refractivity contribution is 7.99. The summed E-state index contributed by atoms with van der Waals surface area (Å²) in [5, 5.41) is 5.26. The lowest BCUT2D eigenvalue weighted by Gasteiger charge is -2.04. The number of sulfonamides is 1. The molecule has 0 bridgehead atoms. The first kappa shape index (κ1) is 18.9. The van der Waals surface area contributed by atoms with Crippen LogP contribution in [0.2, 0.25) is 5.02 Å². The molecule has 0 aliphatic carbocycles. The standard InChI is InChI=1S/C19H13ClFN3O2S2/c20-15-9-13(5-7-16(15)21)27-12-3-1-11(2-4-12)19-23-17-8-6-14(28(22,25)26)10-18(17)24-19/h1-10H,(H,23,24)(H2,22,25,26). The van der Waals surface area contributed by atoms with Gasteiger partial charge in [0.1, 0.15) is 11.6 Å². The van der Waals surface area contributed by atoms with E-state index < -0.39 is 15.8 Å². The molecule has 4 rings (SSSR count). The average molecular weight is 434 g/mol. The molecule has 5 nitrogen and oxygen atoms in total. The second-order valence-corrected chi connectivity index (χ2v) is 9.13. The number of rotatable bonds is 4. The second kappa shape index (κ2) is 7.21. The molecular formula is C19H13ClFN3O2S2. The maximum Gasteiger partial charge on any atom is 0.238 e. The van der Waals surface area contributed by atoms with Gasteiger partial charge in [0.05, 0.1) is 21.0 Å². The summed E-state index contributed by atoms with van der Waals surface area (Å²) in [6.07, 6.45) is 0. The molecule has 3 N–H and O–H groups in total. The van der Waals surface area contributed by atoms with Gasteiger partial charge < -0.3 is 4.98 Å². The minimum atomic E-state index is -3.77. The van der Waals surface area contributed by atoms with Gasteiger partial charge in [-0.1, -0.05) is 35.5 Å². The zero-order valence-corrected chi connectivity index (χ0v) is 16.6. The van der Waals surface area contributed by atoms with Crippen LogP contribution in [0.1, 0.15) is 0 Å². The van der Waals surface area contributed by atoms with Crippen LogP contribution in [0.3, 0.4) is 0 Å². The van der Waals surface area contributed by atoms with Crippen LogP contribution < -0.4 is 5.14 Å². The molecule has 0 spiro atoms. The first-order chi connectivity index (χ1) is 13.3. The number of aromatic nitrogens is 2. The first-order valence-corrected chi connectivity index (χ1v) is 10.8. The molecule has 0 unspecified atom stereocenters. The fourth-order valence-electron chi connectivity index (χ4n) is 2.66. The van der Waals surface area contributed by atoms with Crippen molar-refractivity contribution in [2.45, 2.75) is 14.7 Å². The van der Waals surface area contributed by atoms with Gasteiger partial charge in [-0.25, -0.2) is 22.9 Å². The number of hydrogen-bond acceptors (Lipinski definition) is 4. The van der Waals surface area contributed by atoms with E-state index in [9.17, 15) is 12.8 Å². The zero-order valence-electron chi connectivity index (χ0n) is 14.2. The quantitative estimate of drug-likeness (QED) is 0.482. The summed E-state index contributed by atoms with van der Waals surface area (Å²) >= 11 is 7.28. The Morgan fingerprint density at radius 3 is 2.39 bits per heavy atom. The van der Waals surface area contributed by atoms with E-state index in [-0.39, 0.29) is 9.92 Å². The van der Waals surface area contributed by atoms with E-state index >= 15 is 0 Å². The van der Waals surface area contributed by atoms with E-state index in [0.717, 1.165) is 15.4 Å². The van der Waals surface area contributed by atoms with Crippen LogP contribution >= 0.6 is 23.4 Å². The van der Waals surface area contributed by atoms with Crippen molar-refractivity contribution >= 4 is 44.4 Å². The third kappa shape index (κ3) is 3.90. The predicted octanol–water partition coefficient (Wildman–Crippen LogP) is 4.82. The molecule has 0 atom stereocenters. The number of H-pyrrole nitrogens is 1. The Hall–Kier alpha value is -2.39. The SMILES string of the molecule is NS(=O)(=O)c1ccc2nc(-c3ccc(Sc4ccc(F)c(Cl)c4)cc3)[nH]c2c1. The number of aromatic amines is 1. The Morgan fingerprint density at radius 1 is 1.00 bits per heavy atom. The molecule has 3 aromatic carbocycles. The number of fused-ring (bicyclic) bond motifs is 1. The summed E-state index contributed by atoms with van der Waals surface area (Å²) in [4.78, 5) is 9.41. The maximum atomic E-state index is 13.3. The van der Waals surface area contributed by atoms with Gasteiger partial charge in [0.25, 0.3) is 0 Å². The van der Waals surface area contributed by atoms with Crippen LogP contribution in [0.25, 0.3) is 22.4 Å². The van der Waals surface area contributed by atoms with Crippen LogP contribution in [0.15, 0.2) is 75.4 Å². The summed E-state index contributed by atoms with van der Waals surface area (Å²) in [5.74, 6) is 0.166. The van der Waals surface area contributed by atoms with Crippen molar-refractivity contribution in [3.63, 3.8) is 0 Å².